The molecule has 0 amide bonds. The third-order valence-corrected chi connectivity index (χ3v) is 1.64. The quantitative estimate of drug-likeness (QED) is 0.533. The Morgan fingerprint density at radius 2 is 1.62 bits per heavy atom. The lowest BCUT2D eigenvalue weighted by Crippen LogP contribution is -2.11. The van der Waals surface area contributed by atoms with Gasteiger partial charge < -0.3 is 14.8 Å². The van der Waals surface area contributed by atoms with Crippen LogP contribution in [0.1, 0.15) is 27.6 Å². The number of ether oxygens (including phenoxy) is 2. The van der Waals surface area contributed by atoms with Gasteiger partial charge in [-0.1, -0.05) is 6.92 Å². The highest BCUT2D eigenvalue weighted by atomic mass is 16.5. The molecule has 0 rings (SSSR count). The van der Waals surface area contributed by atoms with Gasteiger partial charge in [0.05, 0.1) is 0 Å². The normalized spacial score (nSPS) is 10.6. The minimum atomic E-state index is 0. The van der Waals surface area contributed by atoms with Crippen LogP contribution in [0.4, 0.5) is 0 Å². The third kappa shape index (κ3) is 11.9. The molecule has 0 fully saturated rings. The molecule has 0 radical (unpaired) electrons. The molecule has 1 N–H and O–H groups in total. The molecule has 3 heteroatoms. The summed E-state index contributed by atoms with van der Waals surface area (Å²) >= 11 is 0. The van der Waals surface area contributed by atoms with Gasteiger partial charge in [0, 0.05) is 27.9 Å². The van der Waals surface area contributed by atoms with Crippen molar-refractivity contribution in [2.24, 2.45) is 0 Å². The third-order valence-electron chi connectivity index (χ3n) is 1.64. The van der Waals surface area contributed by atoms with Gasteiger partial charge in [-0.2, -0.15) is 0 Å². The second kappa shape index (κ2) is 11.9. The zero-order valence-corrected chi connectivity index (χ0v) is 8.97. The maximum absolute atomic E-state index is 5.40. The molecular formula is C10H25NO2. The molecular weight excluding hydrogens is 166 g/mol. The summed E-state index contributed by atoms with van der Waals surface area (Å²) in [6.45, 7) is 6.54. The SMILES string of the molecule is CCCOCCCOCCCNC.[HH]. The second-order valence-electron chi connectivity index (χ2n) is 3.04. The van der Waals surface area contributed by atoms with E-state index in [1.807, 2.05) is 7.05 Å². The van der Waals surface area contributed by atoms with E-state index in [0.717, 1.165) is 52.2 Å². The van der Waals surface area contributed by atoms with Gasteiger partial charge in [-0.25, -0.2) is 0 Å². The first kappa shape index (κ1) is 12.9. The van der Waals surface area contributed by atoms with Crippen LogP contribution in [0.15, 0.2) is 0 Å². The van der Waals surface area contributed by atoms with Crippen molar-refractivity contribution < 1.29 is 10.9 Å². The highest BCUT2D eigenvalue weighted by Crippen LogP contribution is 1.88. The molecule has 0 heterocycles. The molecule has 0 saturated heterocycles. The molecule has 13 heavy (non-hydrogen) atoms. The van der Waals surface area contributed by atoms with Crippen molar-refractivity contribution in [1.29, 1.82) is 0 Å². The first-order chi connectivity index (χ1) is 6.41. The molecule has 0 bridgehead atoms. The molecule has 0 aliphatic carbocycles. The number of hydrogen-bond acceptors (Lipinski definition) is 3. The monoisotopic (exact) mass is 191 g/mol. The summed E-state index contributed by atoms with van der Waals surface area (Å²) in [6.07, 6.45) is 3.20. The van der Waals surface area contributed by atoms with E-state index in [2.05, 4.69) is 12.2 Å². The Balaban J connectivity index is 0. The summed E-state index contributed by atoms with van der Waals surface area (Å²) in [4.78, 5) is 0. The predicted octanol–water partition coefficient (Wildman–Crippen LogP) is 1.68. The first-order valence-corrected chi connectivity index (χ1v) is 5.22. The molecule has 0 aromatic rings. The predicted molar refractivity (Wildman–Crippen MR) is 57.2 cm³/mol. The van der Waals surface area contributed by atoms with Gasteiger partial charge in [0.2, 0.25) is 0 Å². The van der Waals surface area contributed by atoms with Crippen molar-refractivity contribution >= 4 is 0 Å². The summed E-state index contributed by atoms with van der Waals surface area (Å²) in [5.41, 5.74) is 0. The minimum absolute atomic E-state index is 0. The molecule has 0 unspecified atom stereocenters. The van der Waals surface area contributed by atoms with Crippen LogP contribution in [-0.4, -0.2) is 40.0 Å². The lowest BCUT2D eigenvalue weighted by atomic mass is 10.4. The van der Waals surface area contributed by atoms with Crippen LogP contribution < -0.4 is 5.32 Å². The average molecular weight is 191 g/mol. The molecule has 0 atom stereocenters. The molecule has 82 valence electrons. The Bertz CT molecular complexity index is 84.2. The first-order valence-electron chi connectivity index (χ1n) is 5.22. The average Bonchev–Trinajstić information content (AvgIpc) is 2.16. The van der Waals surface area contributed by atoms with E-state index in [1.54, 1.807) is 0 Å². The summed E-state index contributed by atoms with van der Waals surface area (Å²) < 4.78 is 10.7. The van der Waals surface area contributed by atoms with Crippen LogP contribution in [0.5, 0.6) is 0 Å². The van der Waals surface area contributed by atoms with Gasteiger partial charge in [-0.05, 0) is 32.9 Å². The van der Waals surface area contributed by atoms with E-state index in [0.29, 0.717) is 0 Å². The van der Waals surface area contributed by atoms with Gasteiger partial charge in [0.1, 0.15) is 0 Å². The van der Waals surface area contributed by atoms with Crippen LogP contribution in [0, 0.1) is 0 Å². The van der Waals surface area contributed by atoms with Gasteiger partial charge in [-0.3, -0.25) is 0 Å². The number of hydrogen-bond donors (Lipinski definition) is 1. The van der Waals surface area contributed by atoms with Crippen LogP contribution in [0.2, 0.25) is 0 Å². The summed E-state index contributed by atoms with van der Waals surface area (Å²) in [5.74, 6) is 0. The number of nitrogens with one attached hydrogen (secondary N) is 1. The van der Waals surface area contributed by atoms with Gasteiger partial charge >= 0.3 is 0 Å². The van der Waals surface area contributed by atoms with Crippen molar-refractivity contribution in [3.05, 3.63) is 0 Å². The standard InChI is InChI=1S/C10H23NO2.H2/c1-3-7-12-9-5-10-13-8-4-6-11-2;/h11H,3-10H2,1-2H3;1H. The lowest BCUT2D eigenvalue weighted by molar-refractivity contribution is 0.0822. The van der Waals surface area contributed by atoms with Crippen LogP contribution in [0.25, 0.3) is 0 Å². The smallest absolute Gasteiger partial charge is 0.0487 e. The zero-order valence-electron chi connectivity index (χ0n) is 8.97. The van der Waals surface area contributed by atoms with Gasteiger partial charge in [0.15, 0.2) is 0 Å². The Morgan fingerprint density at radius 1 is 1.00 bits per heavy atom. The molecule has 0 aliphatic rings. The summed E-state index contributed by atoms with van der Waals surface area (Å²) in [7, 11) is 1.96. The van der Waals surface area contributed by atoms with E-state index >= 15 is 0 Å². The molecule has 3 nitrogen and oxygen atoms in total. The molecule has 0 spiro atoms. The van der Waals surface area contributed by atoms with E-state index in [9.17, 15) is 0 Å². The highest BCUT2D eigenvalue weighted by Gasteiger charge is 1.89. The van der Waals surface area contributed by atoms with E-state index < -0.39 is 0 Å². The van der Waals surface area contributed by atoms with Gasteiger partial charge in [-0.15, -0.1) is 0 Å². The molecule has 0 aromatic carbocycles. The Hall–Kier alpha value is -0.120. The van der Waals surface area contributed by atoms with Crippen LogP contribution in [-0.2, 0) is 9.47 Å². The Morgan fingerprint density at radius 3 is 2.23 bits per heavy atom. The van der Waals surface area contributed by atoms with E-state index in [1.165, 1.54) is 0 Å². The zero-order chi connectivity index (χ0) is 9.78. The topological polar surface area (TPSA) is 30.5 Å². The Kier molecular flexibility index (Phi) is 11.8. The maximum atomic E-state index is 5.40. The van der Waals surface area contributed by atoms with E-state index in [4.69, 9.17) is 9.47 Å². The van der Waals surface area contributed by atoms with Crippen molar-refractivity contribution in [3.8, 4) is 0 Å². The molecule has 0 saturated carbocycles. The maximum Gasteiger partial charge on any atom is 0.0487 e. The largest absolute Gasteiger partial charge is 0.381 e. The van der Waals surface area contributed by atoms with Crippen molar-refractivity contribution in [2.45, 2.75) is 26.2 Å². The fourth-order valence-electron chi connectivity index (χ4n) is 0.963. The van der Waals surface area contributed by atoms with Gasteiger partial charge in [0.25, 0.3) is 0 Å². The van der Waals surface area contributed by atoms with Crippen molar-refractivity contribution in [2.75, 3.05) is 40.0 Å². The summed E-state index contributed by atoms with van der Waals surface area (Å²) in [5, 5.41) is 3.08. The molecule has 0 aromatic heterocycles. The minimum Gasteiger partial charge on any atom is -0.381 e. The molecule has 0 aliphatic heterocycles. The van der Waals surface area contributed by atoms with E-state index in [-0.39, 0.29) is 1.43 Å². The van der Waals surface area contributed by atoms with Crippen molar-refractivity contribution in [3.63, 3.8) is 0 Å². The lowest BCUT2D eigenvalue weighted by Gasteiger charge is -2.04. The van der Waals surface area contributed by atoms with Crippen LogP contribution >= 0.6 is 0 Å². The fraction of sp³-hybridized carbons (Fsp3) is 1.00. The second-order valence-corrected chi connectivity index (χ2v) is 3.04. The summed E-state index contributed by atoms with van der Waals surface area (Å²) in [6, 6.07) is 0. The van der Waals surface area contributed by atoms with Crippen molar-refractivity contribution in [1.82, 2.24) is 5.32 Å². The van der Waals surface area contributed by atoms with Crippen LogP contribution in [0.3, 0.4) is 0 Å². The fourth-order valence-corrected chi connectivity index (χ4v) is 0.963. The Labute approximate surface area is 83.3 Å². The highest BCUT2D eigenvalue weighted by molar-refractivity contribution is 4.40. The number of rotatable bonds is 10.